The largest absolute Gasteiger partial charge is 0.478 e. The van der Waals surface area contributed by atoms with Crippen LogP contribution >= 0.6 is 0 Å². The molecule has 0 aliphatic carbocycles. The van der Waals surface area contributed by atoms with E-state index in [0.29, 0.717) is 37.5 Å². The van der Waals surface area contributed by atoms with Crippen molar-refractivity contribution in [3.63, 3.8) is 0 Å². The lowest BCUT2D eigenvalue weighted by atomic mass is 10.1. The lowest BCUT2D eigenvalue weighted by Crippen LogP contribution is -2.13. The molecule has 0 atom stereocenters. The number of anilines is 1. The van der Waals surface area contributed by atoms with Gasteiger partial charge in [-0.25, -0.2) is 4.98 Å². The molecule has 0 aromatic carbocycles. The van der Waals surface area contributed by atoms with Gasteiger partial charge in [0, 0.05) is 24.9 Å². The van der Waals surface area contributed by atoms with Crippen molar-refractivity contribution in [3.05, 3.63) is 11.8 Å². The Hall–Kier alpha value is -1.36. The van der Waals surface area contributed by atoms with Crippen molar-refractivity contribution in [2.75, 3.05) is 31.7 Å². The first-order chi connectivity index (χ1) is 9.61. The van der Waals surface area contributed by atoms with Crippen LogP contribution in [0.4, 0.5) is 5.95 Å². The predicted molar refractivity (Wildman–Crippen MR) is 81.3 cm³/mol. The molecule has 114 valence electrons. The number of hydrogen-bond acceptors (Lipinski definition) is 5. The van der Waals surface area contributed by atoms with E-state index in [1.165, 1.54) is 0 Å². The zero-order valence-corrected chi connectivity index (χ0v) is 13.1. The summed E-state index contributed by atoms with van der Waals surface area (Å²) in [7, 11) is 0. The third-order valence-corrected chi connectivity index (χ3v) is 2.65. The van der Waals surface area contributed by atoms with E-state index >= 15 is 0 Å². The number of aromatic nitrogens is 2. The molecule has 5 heteroatoms. The van der Waals surface area contributed by atoms with Crippen LogP contribution in [0, 0.1) is 12.8 Å². The summed E-state index contributed by atoms with van der Waals surface area (Å²) in [5, 5.41) is 3.16. The molecular formula is C15H27N3O2. The summed E-state index contributed by atoms with van der Waals surface area (Å²) in [4.78, 5) is 8.65. The summed E-state index contributed by atoms with van der Waals surface area (Å²) in [5.41, 5.74) is 0.898. The van der Waals surface area contributed by atoms with Gasteiger partial charge in [0.2, 0.25) is 11.8 Å². The molecule has 0 aliphatic rings. The van der Waals surface area contributed by atoms with Gasteiger partial charge in [0.25, 0.3) is 0 Å². The molecule has 1 rings (SSSR count). The lowest BCUT2D eigenvalue weighted by Gasteiger charge is -2.10. The molecule has 0 radical (unpaired) electrons. The van der Waals surface area contributed by atoms with Gasteiger partial charge in [-0.1, -0.05) is 20.8 Å². The van der Waals surface area contributed by atoms with E-state index in [0.717, 1.165) is 25.1 Å². The second-order valence-electron chi connectivity index (χ2n) is 5.24. The zero-order valence-electron chi connectivity index (χ0n) is 13.1. The standard InChI is InChI=1S/C15H27N3O2/c1-5-8-20-14-11-13(4)17-15(18-14)16-7-10-19-9-6-12(2)3/h11-12H,5-10H2,1-4H3,(H,16,17,18). The Morgan fingerprint density at radius 2 is 2.00 bits per heavy atom. The number of aryl methyl sites for hydroxylation is 1. The van der Waals surface area contributed by atoms with Crippen LogP contribution in [0.15, 0.2) is 6.07 Å². The van der Waals surface area contributed by atoms with Gasteiger partial charge < -0.3 is 14.8 Å². The fourth-order valence-corrected chi connectivity index (χ4v) is 1.56. The maximum absolute atomic E-state index is 5.54. The molecule has 0 fully saturated rings. The lowest BCUT2D eigenvalue weighted by molar-refractivity contribution is 0.132. The molecule has 0 spiro atoms. The van der Waals surface area contributed by atoms with E-state index in [1.807, 2.05) is 13.0 Å². The van der Waals surface area contributed by atoms with Crippen LogP contribution in [-0.4, -0.2) is 36.3 Å². The second kappa shape index (κ2) is 9.53. The highest BCUT2D eigenvalue weighted by molar-refractivity contribution is 5.30. The van der Waals surface area contributed by atoms with Crippen LogP contribution in [0.5, 0.6) is 5.88 Å². The summed E-state index contributed by atoms with van der Waals surface area (Å²) >= 11 is 0. The SMILES string of the molecule is CCCOc1cc(C)nc(NCCOCCC(C)C)n1. The highest BCUT2D eigenvalue weighted by atomic mass is 16.5. The Balaban J connectivity index is 2.30. The van der Waals surface area contributed by atoms with Crippen molar-refractivity contribution in [2.45, 2.75) is 40.5 Å². The van der Waals surface area contributed by atoms with Gasteiger partial charge in [-0.3, -0.25) is 0 Å². The van der Waals surface area contributed by atoms with Gasteiger partial charge in [-0.05, 0) is 25.7 Å². The first kappa shape index (κ1) is 16.7. The topological polar surface area (TPSA) is 56.3 Å². The van der Waals surface area contributed by atoms with E-state index in [4.69, 9.17) is 9.47 Å². The van der Waals surface area contributed by atoms with Crippen molar-refractivity contribution < 1.29 is 9.47 Å². The molecule has 1 aromatic rings. The second-order valence-corrected chi connectivity index (χ2v) is 5.24. The first-order valence-electron chi connectivity index (χ1n) is 7.42. The number of nitrogens with zero attached hydrogens (tertiary/aromatic N) is 2. The highest BCUT2D eigenvalue weighted by Crippen LogP contribution is 2.12. The van der Waals surface area contributed by atoms with Crippen LogP contribution in [0.25, 0.3) is 0 Å². The first-order valence-corrected chi connectivity index (χ1v) is 7.42. The van der Waals surface area contributed by atoms with Gasteiger partial charge in [-0.2, -0.15) is 4.98 Å². The molecule has 0 aliphatic heterocycles. The minimum Gasteiger partial charge on any atom is -0.478 e. The van der Waals surface area contributed by atoms with Gasteiger partial charge >= 0.3 is 0 Å². The zero-order chi connectivity index (χ0) is 14.8. The Labute approximate surface area is 122 Å². The molecule has 1 aromatic heterocycles. The average molecular weight is 281 g/mol. The van der Waals surface area contributed by atoms with E-state index in [1.54, 1.807) is 0 Å². The fourth-order valence-electron chi connectivity index (χ4n) is 1.56. The Morgan fingerprint density at radius 3 is 2.70 bits per heavy atom. The molecule has 20 heavy (non-hydrogen) atoms. The van der Waals surface area contributed by atoms with Crippen LogP contribution in [0.1, 0.15) is 39.3 Å². The normalized spacial score (nSPS) is 10.8. The predicted octanol–water partition coefficient (Wildman–Crippen LogP) is 3.05. The van der Waals surface area contributed by atoms with Gasteiger partial charge in [-0.15, -0.1) is 0 Å². The molecule has 0 saturated heterocycles. The quantitative estimate of drug-likeness (QED) is 0.668. The number of rotatable bonds is 10. The minimum absolute atomic E-state index is 0.601. The maximum Gasteiger partial charge on any atom is 0.226 e. The van der Waals surface area contributed by atoms with E-state index in [2.05, 4.69) is 36.1 Å². The Bertz CT molecular complexity index is 383. The van der Waals surface area contributed by atoms with Crippen molar-refractivity contribution in [1.29, 1.82) is 0 Å². The summed E-state index contributed by atoms with van der Waals surface area (Å²) < 4.78 is 11.1. The van der Waals surface area contributed by atoms with Crippen LogP contribution in [0.2, 0.25) is 0 Å². The van der Waals surface area contributed by atoms with Gasteiger partial charge in [0.1, 0.15) is 0 Å². The van der Waals surface area contributed by atoms with Gasteiger partial charge in [0.05, 0.1) is 13.2 Å². The minimum atomic E-state index is 0.601. The van der Waals surface area contributed by atoms with Crippen LogP contribution in [0.3, 0.4) is 0 Å². The molecular weight excluding hydrogens is 254 g/mol. The van der Waals surface area contributed by atoms with Crippen LogP contribution in [-0.2, 0) is 4.74 Å². The molecule has 0 unspecified atom stereocenters. The maximum atomic E-state index is 5.54. The monoisotopic (exact) mass is 281 g/mol. The van der Waals surface area contributed by atoms with Crippen molar-refractivity contribution in [1.82, 2.24) is 9.97 Å². The molecule has 1 N–H and O–H groups in total. The summed E-state index contributed by atoms with van der Waals surface area (Å²) in [6, 6.07) is 1.85. The average Bonchev–Trinajstić information content (AvgIpc) is 2.39. The molecule has 1 heterocycles. The van der Waals surface area contributed by atoms with Crippen LogP contribution < -0.4 is 10.1 Å². The number of hydrogen-bond donors (Lipinski definition) is 1. The molecule has 0 saturated carbocycles. The highest BCUT2D eigenvalue weighted by Gasteiger charge is 2.02. The Morgan fingerprint density at radius 1 is 1.20 bits per heavy atom. The van der Waals surface area contributed by atoms with E-state index in [-0.39, 0.29) is 0 Å². The third-order valence-electron chi connectivity index (χ3n) is 2.65. The van der Waals surface area contributed by atoms with E-state index < -0.39 is 0 Å². The summed E-state index contributed by atoms with van der Waals surface area (Å²) in [5.74, 6) is 1.91. The third kappa shape index (κ3) is 7.28. The van der Waals surface area contributed by atoms with E-state index in [9.17, 15) is 0 Å². The summed E-state index contributed by atoms with van der Waals surface area (Å²) in [6.07, 6.45) is 2.06. The van der Waals surface area contributed by atoms with Crippen molar-refractivity contribution in [3.8, 4) is 5.88 Å². The van der Waals surface area contributed by atoms with Crippen molar-refractivity contribution >= 4 is 5.95 Å². The fraction of sp³-hybridized carbons (Fsp3) is 0.733. The van der Waals surface area contributed by atoms with Gasteiger partial charge in [0.15, 0.2) is 0 Å². The molecule has 0 amide bonds. The smallest absolute Gasteiger partial charge is 0.226 e. The summed E-state index contributed by atoms with van der Waals surface area (Å²) in [6.45, 7) is 11.2. The Kier molecular flexibility index (Phi) is 7.95. The molecule has 5 nitrogen and oxygen atoms in total. The number of ether oxygens (including phenoxy) is 2. The molecule has 0 bridgehead atoms. The van der Waals surface area contributed by atoms with Crippen molar-refractivity contribution in [2.24, 2.45) is 5.92 Å². The number of nitrogens with one attached hydrogen (secondary N) is 1.